The summed E-state index contributed by atoms with van der Waals surface area (Å²) in [5, 5.41) is 11.9. The highest BCUT2D eigenvalue weighted by molar-refractivity contribution is 6.05. The molecule has 1 amide bonds. The van der Waals surface area contributed by atoms with E-state index < -0.39 is 5.97 Å². The van der Waals surface area contributed by atoms with Crippen LogP contribution in [0.2, 0.25) is 0 Å². The van der Waals surface area contributed by atoms with Crippen molar-refractivity contribution in [3.63, 3.8) is 0 Å². The first-order valence-electron chi connectivity index (χ1n) is 7.67. The van der Waals surface area contributed by atoms with Gasteiger partial charge >= 0.3 is 5.97 Å². The zero-order valence-corrected chi connectivity index (χ0v) is 14.5. The Labute approximate surface area is 141 Å². The Bertz CT molecular complexity index is 791. The van der Waals surface area contributed by atoms with Crippen molar-refractivity contribution in [2.24, 2.45) is 0 Å². The average molecular weight is 330 g/mol. The molecule has 6 heteroatoms. The Morgan fingerprint density at radius 2 is 1.83 bits per heavy atom. The molecule has 0 atom stereocenters. The minimum absolute atomic E-state index is 0.0495. The first-order chi connectivity index (χ1) is 11.3. The minimum Gasteiger partial charge on any atom is -0.496 e. The van der Waals surface area contributed by atoms with Crippen LogP contribution in [0.1, 0.15) is 52.0 Å². The van der Waals surface area contributed by atoms with Crippen molar-refractivity contribution in [2.45, 2.75) is 33.7 Å². The molecule has 0 saturated carbocycles. The van der Waals surface area contributed by atoms with E-state index in [4.69, 9.17) is 9.84 Å². The second-order valence-electron chi connectivity index (χ2n) is 5.92. The molecule has 0 radical (unpaired) electrons. The maximum absolute atomic E-state index is 12.6. The van der Waals surface area contributed by atoms with Crippen LogP contribution in [0.4, 0.5) is 5.69 Å². The second kappa shape index (κ2) is 6.78. The molecule has 1 aromatic heterocycles. The van der Waals surface area contributed by atoms with Gasteiger partial charge in [0.25, 0.3) is 5.91 Å². The van der Waals surface area contributed by atoms with Gasteiger partial charge in [-0.1, -0.05) is 0 Å². The number of carbonyl (C=O) groups is 2. The number of hydrogen-bond donors (Lipinski definition) is 2. The zero-order chi connectivity index (χ0) is 18.0. The molecule has 2 aromatic rings. The van der Waals surface area contributed by atoms with Crippen molar-refractivity contribution in [3.05, 3.63) is 46.8 Å². The number of methoxy groups -OCH3 is 1. The Balaban J connectivity index is 2.31. The highest BCUT2D eigenvalue weighted by Crippen LogP contribution is 2.25. The summed E-state index contributed by atoms with van der Waals surface area (Å²) < 4.78 is 7.18. The average Bonchev–Trinajstić information content (AvgIpc) is 2.81. The highest BCUT2D eigenvalue weighted by atomic mass is 16.5. The van der Waals surface area contributed by atoms with Crippen LogP contribution in [0.15, 0.2) is 24.3 Å². The van der Waals surface area contributed by atoms with Crippen molar-refractivity contribution >= 4 is 17.6 Å². The first-order valence-corrected chi connectivity index (χ1v) is 7.67. The second-order valence-corrected chi connectivity index (χ2v) is 5.92. The van der Waals surface area contributed by atoms with Crippen LogP contribution >= 0.6 is 0 Å². The molecule has 1 heterocycles. The Morgan fingerprint density at radius 1 is 1.17 bits per heavy atom. The lowest BCUT2D eigenvalue weighted by molar-refractivity contribution is 0.0693. The Hall–Kier alpha value is -2.76. The third-order valence-electron chi connectivity index (χ3n) is 3.94. The molecule has 0 aliphatic rings. The molecule has 6 nitrogen and oxygen atoms in total. The molecule has 0 bridgehead atoms. The van der Waals surface area contributed by atoms with Crippen molar-refractivity contribution in [3.8, 4) is 5.75 Å². The third-order valence-corrected chi connectivity index (χ3v) is 3.94. The number of aromatic carboxylic acids is 1. The molecule has 24 heavy (non-hydrogen) atoms. The van der Waals surface area contributed by atoms with Gasteiger partial charge in [0, 0.05) is 29.2 Å². The van der Waals surface area contributed by atoms with Crippen LogP contribution in [0.3, 0.4) is 0 Å². The first kappa shape index (κ1) is 17.6. The summed E-state index contributed by atoms with van der Waals surface area (Å²) in [6.07, 6.45) is 0. The summed E-state index contributed by atoms with van der Waals surface area (Å²) >= 11 is 0. The van der Waals surface area contributed by atoms with Gasteiger partial charge in [0.1, 0.15) is 11.3 Å². The molecule has 0 spiro atoms. The topological polar surface area (TPSA) is 80.6 Å². The molecule has 2 N–H and O–H groups in total. The molecular weight excluding hydrogens is 308 g/mol. The lowest BCUT2D eigenvalue weighted by Gasteiger charge is -2.14. The molecule has 128 valence electrons. The largest absolute Gasteiger partial charge is 0.496 e. The molecule has 2 rings (SSSR count). The van der Waals surface area contributed by atoms with Gasteiger partial charge in [-0.2, -0.15) is 0 Å². The zero-order valence-electron chi connectivity index (χ0n) is 14.5. The van der Waals surface area contributed by atoms with Gasteiger partial charge in [0.05, 0.1) is 12.7 Å². The van der Waals surface area contributed by atoms with Gasteiger partial charge in [-0.05, 0) is 45.9 Å². The lowest BCUT2D eigenvalue weighted by atomic mass is 10.1. The standard InChI is InChI=1S/C18H22N2O4/c1-10(2)20-11(3)8-15(12(20)4)17(21)19-13-6-7-14(18(22)23)16(9-13)24-5/h6-10H,1-5H3,(H,19,21)(H,22,23). The highest BCUT2D eigenvalue weighted by Gasteiger charge is 2.18. The fourth-order valence-corrected chi connectivity index (χ4v) is 2.95. The Morgan fingerprint density at radius 3 is 2.33 bits per heavy atom. The number of hydrogen-bond acceptors (Lipinski definition) is 3. The van der Waals surface area contributed by atoms with Crippen LogP contribution < -0.4 is 10.1 Å². The molecule has 0 saturated heterocycles. The van der Waals surface area contributed by atoms with E-state index in [-0.39, 0.29) is 23.3 Å². The van der Waals surface area contributed by atoms with E-state index >= 15 is 0 Å². The summed E-state index contributed by atoms with van der Waals surface area (Å²) in [5.74, 6) is -1.11. The fraction of sp³-hybridized carbons (Fsp3) is 0.333. The number of carboxylic acid groups (broad SMARTS) is 1. The van der Waals surface area contributed by atoms with Crippen molar-refractivity contribution in [1.29, 1.82) is 0 Å². The van der Waals surface area contributed by atoms with E-state index in [1.807, 2.05) is 19.9 Å². The molecular formula is C18H22N2O4. The summed E-state index contributed by atoms with van der Waals surface area (Å²) in [4.78, 5) is 23.7. The molecule has 0 fully saturated rings. The van der Waals surface area contributed by atoms with Gasteiger partial charge in [-0.3, -0.25) is 4.79 Å². The number of aromatic nitrogens is 1. The van der Waals surface area contributed by atoms with E-state index in [9.17, 15) is 9.59 Å². The maximum atomic E-state index is 12.6. The minimum atomic E-state index is -1.08. The normalized spacial score (nSPS) is 10.8. The number of nitrogens with zero attached hydrogens (tertiary/aromatic N) is 1. The number of nitrogens with one attached hydrogen (secondary N) is 1. The van der Waals surface area contributed by atoms with Crippen LogP contribution in [-0.2, 0) is 0 Å². The molecule has 0 aliphatic heterocycles. The van der Waals surface area contributed by atoms with Gasteiger partial charge in [0.2, 0.25) is 0 Å². The van der Waals surface area contributed by atoms with E-state index in [2.05, 4.69) is 23.7 Å². The van der Waals surface area contributed by atoms with Crippen molar-refractivity contribution in [2.75, 3.05) is 12.4 Å². The monoisotopic (exact) mass is 330 g/mol. The predicted molar refractivity (Wildman–Crippen MR) is 92.2 cm³/mol. The van der Waals surface area contributed by atoms with Crippen LogP contribution in [0, 0.1) is 13.8 Å². The lowest BCUT2D eigenvalue weighted by Crippen LogP contribution is -2.14. The van der Waals surface area contributed by atoms with E-state index in [0.29, 0.717) is 11.3 Å². The van der Waals surface area contributed by atoms with Gasteiger partial charge < -0.3 is 19.7 Å². The van der Waals surface area contributed by atoms with E-state index in [0.717, 1.165) is 11.4 Å². The van der Waals surface area contributed by atoms with Crippen LogP contribution in [0.5, 0.6) is 5.75 Å². The summed E-state index contributed by atoms with van der Waals surface area (Å²) in [7, 11) is 1.39. The molecule has 0 aliphatic carbocycles. The van der Waals surface area contributed by atoms with E-state index in [1.165, 1.54) is 19.2 Å². The number of carbonyl (C=O) groups excluding carboxylic acids is 1. The summed E-state index contributed by atoms with van der Waals surface area (Å²) in [6, 6.07) is 6.58. The van der Waals surface area contributed by atoms with Gasteiger partial charge in [-0.25, -0.2) is 4.79 Å². The fourth-order valence-electron chi connectivity index (χ4n) is 2.95. The Kier molecular flexibility index (Phi) is 4.97. The molecule has 1 aromatic carbocycles. The smallest absolute Gasteiger partial charge is 0.339 e. The number of benzene rings is 1. The SMILES string of the molecule is COc1cc(NC(=O)c2cc(C)n(C(C)C)c2C)ccc1C(=O)O. The quantitative estimate of drug-likeness (QED) is 0.877. The number of aryl methyl sites for hydroxylation is 1. The predicted octanol–water partition coefficient (Wildman–Crippen LogP) is 3.64. The number of rotatable bonds is 5. The van der Waals surface area contributed by atoms with Crippen LogP contribution in [0.25, 0.3) is 0 Å². The van der Waals surface area contributed by atoms with Gasteiger partial charge in [-0.15, -0.1) is 0 Å². The number of anilines is 1. The summed E-state index contributed by atoms with van der Waals surface area (Å²) in [6.45, 7) is 8.01. The number of ether oxygens (including phenoxy) is 1. The van der Waals surface area contributed by atoms with Crippen molar-refractivity contribution < 1.29 is 19.4 Å². The third kappa shape index (κ3) is 3.27. The number of amides is 1. The number of carboxylic acids is 1. The maximum Gasteiger partial charge on any atom is 0.339 e. The summed E-state index contributed by atoms with van der Waals surface area (Å²) in [5.41, 5.74) is 3.05. The van der Waals surface area contributed by atoms with E-state index in [1.54, 1.807) is 6.07 Å². The van der Waals surface area contributed by atoms with Crippen LogP contribution in [-0.4, -0.2) is 28.7 Å². The molecule has 0 unspecified atom stereocenters. The van der Waals surface area contributed by atoms with Crippen molar-refractivity contribution in [1.82, 2.24) is 4.57 Å². The van der Waals surface area contributed by atoms with Gasteiger partial charge in [0.15, 0.2) is 0 Å².